The van der Waals surface area contributed by atoms with Crippen molar-refractivity contribution in [3.8, 4) is 0 Å². The topological polar surface area (TPSA) is 94.3 Å². The Morgan fingerprint density at radius 1 is 1.26 bits per heavy atom. The predicted molar refractivity (Wildman–Crippen MR) is 75.3 cm³/mol. The van der Waals surface area contributed by atoms with E-state index in [1.54, 1.807) is 12.1 Å². The van der Waals surface area contributed by atoms with E-state index >= 15 is 0 Å². The molecule has 0 fully saturated rings. The summed E-state index contributed by atoms with van der Waals surface area (Å²) in [5.41, 5.74) is 13.5. The van der Waals surface area contributed by atoms with Gasteiger partial charge in [0.2, 0.25) is 0 Å². The second-order valence-electron chi connectivity index (χ2n) is 4.53. The minimum atomic E-state index is -0.898. The maximum atomic E-state index is 11.3. The maximum absolute atomic E-state index is 11.3. The van der Waals surface area contributed by atoms with Crippen LogP contribution in [-0.4, -0.2) is 28.7 Å². The Kier molecular flexibility index (Phi) is 4.19. The molecule has 102 valence electrons. The Balaban J connectivity index is 2.61. The molecule has 5 heteroatoms. The van der Waals surface area contributed by atoms with Crippen molar-refractivity contribution in [2.45, 2.75) is 19.4 Å². The van der Waals surface area contributed by atoms with Crippen LogP contribution >= 0.6 is 0 Å². The summed E-state index contributed by atoms with van der Waals surface area (Å²) in [4.78, 5) is 11.3. The number of aromatic nitrogens is 1. The first-order chi connectivity index (χ1) is 9.19. The highest BCUT2D eigenvalue weighted by atomic mass is 16.4. The van der Waals surface area contributed by atoms with Gasteiger partial charge >= 0.3 is 5.97 Å². The molecule has 0 aliphatic rings. The molecule has 0 spiro atoms. The molecule has 1 aromatic carbocycles. The van der Waals surface area contributed by atoms with Gasteiger partial charge in [-0.1, -0.05) is 6.07 Å². The number of hydrogen-bond acceptors (Lipinski definition) is 3. The highest BCUT2D eigenvalue weighted by molar-refractivity contribution is 6.04. The van der Waals surface area contributed by atoms with E-state index in [0.29, 0.717) is 25.2 Å². The molecule has 0 aliphatic heterocycles. The monoisotopic (exact) mass is 261 g/mol. The Hall–Kier alpha value is -1.85. The standard InChI is InChI=1S/C14H19N3O2/c15-6-2-3-10-9-17(8-7-16)12-5-1-4-11(13(10)12)14(18)19/h1,4-5,9H,2-3,6-8,15-16H2,(H,18,19). The summed E-state index contributed by atoms with van der Waals surface area (Å²) in [6.45, 7) is 1.80. The molecule has 0 unspecified atom stereocenters. The van der Waals surface area contributed by atoms with E-state index in [9.17, 15) is 9.90 Å². The van der Waals surface area contributed by atoms with Gasteiger partial charge in [-0.15, -0.1) is 0 Å². The summed E-state index contributed by atoms with van der Waals surface area (Å²) in [5, 5.41) is 10.1. The maximum Gasteiger partial charge on any atom is 0.336 e. The van der Waals surface area contributed by atoms with Gasteiger partial charge in [0.1, 0.15) is 0 Å². The zero-order valence-corrected chi connectivity index (χ0v) is 10.8. The number of aromatic carboxylic acids is 1. The van der Waals surface area contributed by atoms with Crippen molar-refractivity contribution >= 4 is 16.9 Å². The predicted octanol–water partition coefficient (Wildman–Crippen LogP) is 1.19. The molecule has 0 saturated carbocycles. The second-order valence-corrected chi connectivity index (χ2v) is 4.53. The average Bonchev–Trinajstić information content (AvgIpc) is 2.75. The third-order valence-corrected chi connectivity index (χ3v) is 3.24. The number of carboxylic acid groups (broad SMARTS) is 1. The van der Waals surface area contributed by atoms with E-state index in [2.05, 4.69) is 0 Å². The van der Waals surface area contributed by atoms with Crippen LogP contribution in [0.2, 0.25) is 0 Å². The molecule has 0 aliphatic carbocycles. The van der Waals surface area contributed by atoms with Gasteiger partial charge in [0.25, 0.3) is 0 Å². The Labute approximate surface area is 111 Å². The molecule has 5 nitrogen and oxygen atoms in total. The molecule has 0 saturated heterocycles. The smallest absolute Gasteiger partial charge is 0.336 e. The molecule has 2 rings (SSSR count). The van der Waals surface area contributed by atoms with Crippen molar-refractivity contribution in [3.63, 3.8) is 0 Å². The number of benzene rings is 1. The lowest BCUT2D eigenvalue weighted by molar-refractivity contribution is 0.0699. The van der Waals surface area contributed by atoms with Gasteiger partial charge in [-0.2, -0.15) is 0 Å². The van der Waals surface area contributed by atoms with Crippen LogP contribution < -0.4 is 11.5 Å². The summed E-state index contributed by atoms with van der Waals surface area (Å²) in [5.74, 6) is -0.898. The second kappa shape index (κ2) is 5.86. The summed E-state index contributed by atoms with van der Waals surface area (Å²) in [7, 11) is 0. The van der Waals surface area contributed by atoms with E-state index in [4.69, 9.17) is 11.5 Å². The molecule has 19 heavy (non-hydrogen) atoms. The number of fused-ring (bicyclic) bond motifs is 1. The van der Waals surface area contributed by atoms with Gasteiger partial charge in [0.15, 0.2) is 0 Å². The third kappa shape index (κ3) is 2.62. The van der Waals surface area contributed by atoms with Crippen LogP contribution in [0, 0.1) is 0 Å². The van der Waals surface area contributed by atoms with Gasteiger partial charge in [-0.25, -0.2) is 4.79 Å². The fourth-order valence-electron chi connectivity index (χ4n) is 2.42. The Bertz CT molecular complexity index is 590. The van der Waals surface area contributed by atoms with E-state index in [-0.39, 0.29) is 0 Å². The van der Waals surface area contributed by atoms with Crippen LogP contribution in [-0.2, 0) is 13.0 Å². The molecule has 5 N–H and O–H groups in total. The van der Waals surface area contributed by atoms with Crippen molar-refractivity contribution in [1.29, 1.82) is 0 Å². The number of carboxylic acids is 1. The quantitative estimate of drug-likeness (QED) is 0.728. The van der Waals surface area contributed by atoms with Gasteiger partial charge in [0.05, 0.1) is 5.56 Å². The molecule has 0 amide bonds. The van der Waals surface area contributed by atoms with Crippen LogP contribution in [0.25, 0.3) is 10.9 Å². The fourth-order valence-corrected chi connectivity index (χ4v) is 2.42. The Morgan fingerprint density at radius 3 is 2.68 bits per heavy atom. The molecule has 0 bridgehead atoms. The van der Waals surface area contributed by atoms with Crippen LogP contribution in [0.1, 0.15) is 22.3 Å². The van der Waals surface area contributed by atoms with Gasteiger partial charge in [-0.05, 0) is 37.1 Å². The minimum Gasteiger partial charge on any atom is -0.478 e. The molecule has 1 heterocycles. The number of hydrogen-bond donors (Lipinski definition) is 3. The first-order valence-corrected chi connectivity index (χ1v) is 6.43. The number of nitrogens with two attached hydrogens (primary N) is 2. The highest BCUT2D eigenvalue weighted by Crippen LogP contribution is 2.26. The highest BCUT2D eigenvalue weighted by Gasteiger charge is 2.15. The van der Waals surface area contributed by atoms with Crippen molar-refractivity contribution in [1.82, 2.24) is 4.57 Å². The van der Waals surface area contributed by atoms with Crippen molar-refractivity contribution in [2.24, 2.45) is 11.5 Å². The summed E-state index contributed by atoms with van der Waals surface area (Å²) in [6.07, 6.45) is 3.63. The molecular formula is C14H19N3O2. The molecule has 0 radical (unpaired) electrons. The number of aryl methyl sites for hydroxylation is 1. The number of carbonyl (C=O) groups is 1. The molecular weight excluding hydrogens is 242 g/mol. The van der Waals surface area contributed by atoms with Crippen molar-refractivity contribution < 1.29 is 9.90 Å². The van der Waals surface area contributed by atoms with Crippen LogP contribution in [0.15, 0.2) is 24.4 Å². The van der Waals surface area contributed by atoms with Crippen LogP contribution in [0.3, 0.4) is 0 Å². The lowest BCUT2D eigenvalue weighted by atomic mass is 10.0. The van der Waals surface area contributed by atoms with Crippen LogP contribution in [0.4, 0.5) is 0 Å². The first-order valence-electron chi connectivity index (χ1n) is 6.43. The van der Waals surface area contributed by atoms with E-state index in [1.165, 1.54) is 0 Å². The van der Waals surface area contributed by atoms with E-state index in [0.717, 1.165) is 29.3 Å². The SMILES string of the molecule is NCCCc1cn(CCN)c2cccc(C(=O)O)c12. The third-order valence-electron chi connectivity index (χ3n) is 3.24. The zero-order valence-electron chi connectivity index (χ0n) is 10.8. The largest absolute Gasteiger partial charge is 0.478 e. The normalized spacial score (nSPS) is 11.1. The van der Waals surface area contributed by atoms with Gasteiger partial charge < -0.3 is 21.1 Å². The fraction of sp³-hybridized carbons (Fsp3) is 0.357. The number of rotatable bonds is 6. The van der Waals surface area contributed by atoms with Gasteiger partial charge in [0, 0.05) is 30.2 Å². The summed E-state index contributed by atoms with van der Waals surface area (Å²) < 4.78 is 2.02. The minimum absolute atomic E-state index is 0.347. The number of nitrogens with zero attached hydrogens (tertiary/aromatic N) is 1. The average molecular weight is 261 g/mol. The molecule has 0 atom stereocenters. The van der Waals surface area contributed by atoms with Crippen molar-refractivity contribution in [3.05, 3.63) is 35.5 Å². The first kappa shape index (κ1) is 13.6. The summed E-state index contributed by atoms with van der Waals surface area (Å²) in [6, 6.07) is 5.35. The van der Waals surface area contributed by atoms with E-state index in [1.807, 2.05) is 16.8 Å². The van der Waals surface area contributed by atoms with Crippen LogP contribution in [0.5, 0.6) is 0 Å². The molecule has 2 aromatic rings. The Morgan fingerprint density at radius 2 is 2.05 bits per heavy atom. The van der Waals surface area contributed by atoms with Crippen molar-refractivity contribution in [2.75, 3.05) is 13.1 Å². The molecule has 1 aromatic heterocycles. The lowest BCUT2D eigenvalue weighted by Gasteiger charge is -2.03. The van der Waals surface area contributed by atoms with Gasteiger partial charge in [-0.3, -0.25) is 0 Å². The van der Waals surface area contributed by atoms with E-state index < -0.39 is 5.97 Å². The summed E-state index contributed by atoms with van der Waals surface area (Å²) >= 11 is 0. The lowest BCUT2D eigenvalue weighted by Crippen LogP contribution is -2.08. The zero-order chi connectivity index (χ0) is 13.8.